The number of aromatic nitrogens is 1. The Morgan fingerprint density at radius 1 is 1.18 bits per heavy atom. The van der Waals surface area contributed by atoms with Crippen molar-refractivity contribution in [2.24, 2.45) is 0 Å². The number of carbonyl (C=O) groups excluding carboxylic acids is 2. The minimum Gasteiger partial charge on any atom is -0.457 e. The summed E-state index contributed by atoms with van der Waals surface area (Å²) in [6.45, 7) is 12.9. The van der Waals surface area contributed by atoms with Crippen LogP contribution in [0.5, 0.6) is 0 Å². The Balaban J connectivity index is 1.29. The number of ether oxygens (including phenoxy) is 1. The molecule has 0 bridgehead atoms. The van der Waals surface area contributed by atoms with Crippen molar-refractivity contribution < 1.29 is 19.4 Å². The Bertz CT molecular complexity index is 1380. The van der Waals surface area contributed by atoms with E-state index in [0.29, 0.717) is 36.7 Å². The Hall–Kier alpha value is -3.80. The molecule has 0 unspecified atom stereocenters. The predicted octanol–water partition coefficient (Wildman–Crippen LogP) is 3.46. The molecule has 2 aromatic carbocycles. The second kappa shape index (κ2) is 8.52. The lowest BCUT2D eigenvalue weighted by atomic mass is 9.95. The number of pyridine rings is 1. The molecular formula is C26H24N4O4. The van der Waals surface area contributed by atoms with Crippen LogP contribution in [0.1, 0.15) is 38.7 Å². The zero-order valence-corrected chi connectivity index (χ0v) is 19.0. The maximum atomic E-state index is 13.0. The van der Waals surface area contributed by atoms with Crippen molar-refractivity contribution in [3.8, 4) is 0 Å². The molecule has 3 aromatic rings. The van der Waals surface area contributed by atoms with E-state index >= 15 is 0 Å². The lowest BCUT2D eigenvalue weighted by Gasteiger charge is -2.35. The van der Waals surface area contributed by atoms with Crippen LogP contribution in [-0.4, -0.2) is 53.0 Å². The maximum Gasteiger partial charge on any atom is 0.338 e. The molecule has 172 valence electrons. The molecule has 1 fully saturated rings. The van der Waals surface area contributed by atoms with Crippen molar-refractivity contribution in [2.45, 2.75) is 26.6 Å². The lowest BCUT2D eigenvalue weighted by molar-refractivity contribution is -0.121. The molecule has 5 rings (SSSR count). The summed E-state index contributed by atoms with van der Waals surface area (Å²) in [7, 11) is 0. The van der Waals surface area contributed by atoms with E-state index in [-0.39, 0.29) is 25.0 Å². The number of β-amino-alcohol motifs (C(OH)–C–C–N with tert-alkyl or cyclic N) is 1. The molecule has 8 nitrogen and oxygen atoms in total. The van der Waals surface area contributed by atoms with Crippen molar-refractivity contribution in [1.29, 1.82) is 0 Å². The summed E-state index contributed by atoms with van der Waals surface area (Å²) in [5, 5.41) is 12.7. The van der Waals surface area contributed by atoms with Gasteiger partial charge in [0.15, 0.2) is 5.69 Å². The fourth-order valence-corrected chi connectivity index (χ4v) is 4.80. The molecule has 0 aliphatic carbocycles. The van der Waals surface area contributed by atoms with Gasteiger partial charge in [-0.15, -0.1) is 0 Å². The van der Waals surface area contributed by atoms with Gasteiger partial charge < -0.3 is 9.84 Å². The van der Waals surface area contributed by atoms with Crippen LogP contribution in [0.4, 0.5) is 11.5 Å². The average molecular weight is 457 g/mol. The molecule has 0 radical (unpaired) electrons. The van der Waals surface area contributed by atoms with E-state index in [2.05, 4.69) is 9.83 Å². The van der Waals surface area contributed by atoms with Crippen molar-refractivity contribution in [3.05, 3.63) is 75.8 Å². The van der Waals surface area contributed by atoms with Gasteiger partial charge in [0.2, 0.25) is 5.91 Å². The van der Waals surface area contributed by atoms with Crippen molar-refractivity contribution in [3.63, 3.8) is 0 Å². The Morgan fingerprint density at radius 3 is 2.76 bits per heavy atom. The molecule has 8 heteroatoms. The quantitative estimate of drug-likeness (QED) is 0.478. The first-order chi connectivity index (χ1) is 16.4. The van der Waals surface area contributed by atoms with Gasteiger partial charge in [-0.2, -0.15) is 0 Å². The number of benzene rings is 2. The molecule has 1 saturated heterocycles. The van der Waals surface area contributed by atoms with E-state index in [9.17, 15) is 14.7 Å². The number of fused-ring (bicyclic) bond motifs is 2. The molecular weight excluding hydrogens is 432 g/mol. The van der Waals surface area contributed by atoms with Crippen LogP contribution >= 0.6 is 0 Å². The first-order valence-electron chi connectivity index (χ1n) is 11.1. The monoisotopic (exact) mass is 456 g/mol. The Morgan fingerprint density at radius 2 is 2.00 bits per heavy atom. The van der Waals surface area contributed by atoms with Gasteiger partial charge in [0.05, 0.1) is 24.8 Å². The third-order valence-electron chi connectivity index (χ3n) is 6.83. The van der Waals surface area contributed by atoms with E-state index in [1.165, 1.54) is 0 Å². The first-order valence-corrected chi connectivity index (χ1v) is 11.1. The highest BCUT2D eigenvalue weighted by Crippen LogP contribution is 2.31. The largest absolute Gasteiger partial charge is 0.457 e. The molecule has 34 heavy (non-hydrogen) atoms. The third kappa shape index (κ3) is 3.69. The van der Waals surface area contributed by atoms with Gasteiger partial charge in [-0.05, 0) is 53.4 Å². The topological polar surface area (TPSA) is 87.3 Å². The van der Waals surface area contributed by atoms with Crippen molar-refractivity contribution in [1.82, 2.24) is 9.88 Å². The van der Waals surface area contributed by atoms with Gasteiger partial charge in [0, 0.05) is 31.4 Å². The van der Waals surface area contributed by atoms with Crippen LogP contribution in [0.2, 0.25) is 0 Å². The molecule has 1 atom stereocenters. The van der Waals surface area contributed by atoms with E-state index in [1.54, 1.807) is 29.3 Å². The number of hydrogen-bond acceptors (Lipinski definition) is 6. The summed E-state index contributed by atoms with van der Waals surface area (Å²) in [6, 6.07) is 9.03. The number of rotatable bonds is 4. The summed E-state index contributed by atoms with van der Waals surface area (Å²) in [6.07, 6.45) is 0.946. The fraction of sp³-hybridized carbons (Fsp3) is 0.308. The van der Waals surface area contributed by atoms with Crippen molar-refractivity contribution in [2.75, 3.05) is 31.1 Å². The summed E-state index contributed by atoms with van der Waals surface area (Å²) in [5.41, 5.74) is 4.47. The number of carbonyl (C=O) groups is 2. The highest BCUT2D eigenvalue weighted by molar-refractivity contribution is 5.98. The molecule has 0 saturated carbocycles. The molecule has 1 N–H and O–H groups in total. The van der Waals surface area contributed by atoms with Gasteiger partial charge in [-0.25, -0.2) is 14.6 Å². The Kier molecular flexibility index (Phi) is 5.52. The van der Waals surface area contributed by atoms with E-state index < -0.39 is 6.10 Å². The average Bonchev–Trinajstić information content (AvgIpc) is 3.21. The minimum atomic E-state index is -0.779. The van der Waals surface area contributed by atoms with E-state index in [1.807, 2.05) is 30.9 Å². The number of amides is 1. The fourth-order valence-electron chi connectivity index (χ4n) is 4.80. The van der Waals surface area contributed by atoms with Gasteiger partial charge in [0.25, 0.3) is 0 Å². The summed E-state index contributed by atoms with van der Waals surface area (Å²) >= 11 is 0. The number of aliphatic hydroxyl groups is 1. The SMILES string of the molecule is [C-]#[N+]c1ccc2cc(N3CCN(C[C@H](O)c4ccc5c(c4C)COC5=O)CC3=O)ncc2c1C. The van der Waals surface area contributed by atoms with Crippen LogP contribution in [0.15, 0.2) is 36.5 Å². The summed E-state index contributed by atoms with van der Waals surface area (Å²) < 4.78 is 5.10. The zero-order valence-electron chi connectivity index (χ0n) is 19.0. The summed E-state index contributed by atoms with van der Waals surface area (Å²) in [4.78, 5) is 36.4. The number of aliphatic hydroxyl groups excluding tert-OH is 1. The number of nitrogens with zero attached hydrogens (tertiary/aromatic N) is 4. The highest BCUT2D eigenvalue weighted by Gasteiger charge is 2.30. The van der Waals surface area contributed by atoms with Crippen LogP contribution in [0, 0.1) is 20.4 Å². The second-order valence-electron chi connectivity index (χ2n) is 8.76. The normalized spacial score (nSPS) is 16.9. The molecule has 3 heterocycles. The number of anilines is 1. The summed E-state index contributed by atoms with van der Waals surface area (Å²) in [5.74, 6) is 0.182. The smallest absolute Gasteiger partial charge is 0.338 e. The maximum absolute atomic E-state index is 13.0. The van der Waals surface area contributed by atoms with Gasteiger partial charge in [0.1, 0.15) is 12.4 Å². The van der Waals surface area contributed by atoms with Gasteiger partial charge in [-0.1, -0.05) is 18.2 Å². The van der Waals surface area contributed by atoms with Gasteiger partial charge >= 0.3 is 5.97 Å². The number of aryl methyl sites for hydroxylation is 1. The van der Waals surface area contributed by atoms with Crippen LogP contribution < -0.4 is 4.90 Å². The number of piperazine rings is 1. The van der Waals surface area contributed by atoms with E-state index in [4.69, 9.17) is 11.3 Å². The first kappa shape index (κ1) is 22.0. The number of cyclic esters (lactones) is 1. The zero-order chi connectivity index (χ0) is 24.0. The van der Waals surface area contributed by atoms with Crippen molar-refractivity contribution >= 4 is 34.2 Å². The number of esters is 1. The molecule has 1 aromatic heterocycles. The molecule has 2 aliphatic heterocycles. The number of hydrogen-bond donors (Lipinski definition) is 1. The van der Waals surface area contributed by atoms with Crippen LogP contribution in [0.3, 0.4) is 0 Å². The van der Waals surface area contributed by atoms with Crippen LogP contribution in [0.25, 0.3) is 15.6 Å². The van der Waals surface area contributed by atoms with Gasteiger partial charge in [-0.3, -0.25) is 14.6 Å². The Labute approximate surface area is 197 Å². The standard InChI is InChI=1S/C26H24N4O4/c1-15-18(5-6-19-21(15)14-34-26(19)33)23(31)12-29-8-9-30(25(32)13-29)24-10-17-4-7-22(27-3)16(2)20(17)11-28-24/h4-7,10-11,23,31H,8-9,12-14H2,1-2H3/t23-/m0/s1. The molecule has 1 amide bonds. The van der Waals surface area contributed by atoms with Crippen LogP contribution in [-0.2, 0) is 16.1 Å². The third-order valence-corrected chi connectivity index (χ3v) is 6.83. The molecule has 0 spiro atoms. The van der Waals surface area contributed by atoms with E-state index in [0.717, 1.165) is 33.0 Å². The predicted molar refractivity (Wildman–Crippen MR) is 127 cm³/mol. The molecule has 2 aliphatic rings. The second-order valence-corrected chi connectivity index (χ2v) is 8.76. The minimum absolute atomic E-state index is 0.0792. The highest BCUT2D eigenvalue weighted by atomic mass is 16.5. The lowest BCUT2D eigenvalue weighted by Crippen LogP contribution is -2.51.